The Bertz CT molecular complexity index is 246. The van der Waals surface area contributed by atoms with Gasteiger partial charge in [-0.2, -0.15) is 0 Å². The maximum atomic E-state index is 6.15. The molecule has 17 heavy (non-hydrogen) atoms. The Labute approximate surface area is 107 Å². The molecule has 2 unspecified atom stereocenters. The minimum Gasteiger partial charge on any atom is -0.403 e. The molecule has 0 N–H and O–H groups in total. The molecule has 3 nitrogen and oxygen atoms in total. The van der Waals surface area contributed by atoms with Gasteiger partial charge in [-0.05, 0) is 65.3 Å². The van der Waals surface area contributed by atoms with Gasteiger partial charge in [0.05, 0.1) is 6.17 Å². The van der Waals surface area contributed by atoms with E-state index in [2.05, 4.69) is 29.9 Å². The van der Waals surface area contributed by atoms with E-state index in [9.17, 15) is 0 Å². The zero-order valence-electron chi connectivity index (χ0n) is 11.7. The summed E-state index contributed by atoms with van der Waals surface area (Å²) in [6.07, 6.45) is 6.11. The summed E-state index contributed by atoms with van der Waals surface area (Å²) in [5, 5.41) is 0. The number of hydrogen-bond donors (Lipinski definition) is 0. The average molecular weight is 256 g/mol. The average Bonchev–Trinajstić information content (AvgIpc) is 2.72. The first-order valence-electron chi connectivity index (χ1n) is 7.32. The van der Waals surface area contributed by atoms with E-state index in [-0.39, 0.29) is 0 Å². The Hall–Kier alpha value is 0.0969. The highest BCUT2D eigenvalue weighted by molar-refractivity contribution is 6.70. The summed E-state index contributed by atoms with van der Waals surface area (Å²) in [4.78, 5) is 2.67. The van der Waals surface area contributed by atoms with Crippen molar-refractivity contribution in [2.75, 3.05) is 26.2 Å². The Morgan fingerprint density at radius 2 is 1.82 bits per heavy atom. The molecule has 0 radical (unpaired) electrons. The molecule has 2 heterocycles. The Balaban J connectivity index is 1.99. The highest BCUT2D eigenvalue weighted by Gasteiger charge is 2.44. The molecule has 0 saturated carbocycles. The largest absolute Gasteiger partial charge is 0.403 e. The summed E-state index contributed by atoms with van der Waals surface area (Å²) in [5.74, 6) is 0. The van der Waals surface area contributed by atoms with Crippen LogP contribution in [0.1, 0.15) is 39.5 Å². The van der Waals surface area contributed by atoms with E-state index < -0.39 is 8.48 Å². The van der Waals surface area contributed by atoms with Gasteiger partial charge in [0.2, 0.25) is 0 Å². The van der Waals surface area contributed by atoms with Crippen LogP contribution in [0.5, 0.6) is 0 Å². The Morgan fingerprint density at radius 1 is 1.12 bits per heavy atom. The number of rotatable bonds is 4. The molecule has 0 bridgehead atoms. The molecule has 4 heteroatoms. The van der Waals surface area contributed by atoms with Crippen molar-refractivity contribution in [1.29, 1.82) is 0 Å². The second-order valence-electron chi connectivity index (χ2n) is 5.63. The predicted molar refractivity (Wildman–Crippen MR) is 74.3 cm³/mol. The fourth-order valence-corrected chi connectivity index (χ4v) is 7.11. The van der Waals surface area contributed by atoms with Gasteiger partial charge in [-0.25, -0.2) is 0 Å². The lowest BCUT2D eigenvalue weighted by molar-refractivity contribution is 0.0786. The van der Waals surface area contributed by atoms with Crippen LogP contribution in [0.15, 0.2) is 0 Å². The molecule has 2 aliphatic heterocycles. The first kappa shape index (κ1) is 13.5. The molecule has 100 valence electrons. The van der Waals surface area contributed by atoms with Crippen LogP contribution in [0.3, 0.4) is 0 Å². The van der Waals surface area contributed by atoms with Gasteiger partial charge in [-0.3, -0.25) is 9.47 Å². The minimum absolute atomic E-state index is 0.598. The molecule has 0 spiro atoms. The first-order valence-corrected chi connectivity index (χ1v) is 9.88. The van der Waals surface area contributed by atoms with E-state index in [1.807, 2.05) is 0 Å². The van der Waals surface area contributed by atoms with Gasteiger partial charge in [0.25, 0.3) is 8.48 Å². The molecule has 0 amide bonds. The van der Waals surface area contributed by atoms with Crippen LogP contribution in [0, 0.1) is 0 Å². The molecule has 2 atom stereocenters. The highest BCUT2D eigenvalue weighted by atomic mass is 28.4. The summed E-state index contributed by atoms with van der Waals surface area (Å²) >= 11 is 0. The molecule has 0 aromatic rings. The lowest BCUT2D eigenvalue weighted by atomic mass is 10.1. The SMILES string of the molecule is CCO[Si]1(C)CCCN1C(C)N1CCCCC1. The summed E-state index contributed by atoms with van der Waals surface area (Å²) in [7, 11) is -1.57. The molecule has 2 rings (SSSR count). The zero-order valence-corrected chi connectivity index (χ0v) is 12.7. The topological polar surface area (TPSA) is 15.7 Å². The van der Waals surface area contributed by atoms with Gasteiger partial charge in [-0.15, -0.1) is 0 Å². The zero-order chi connectivity index (χ0) is 12.3. The Kier molecular flexibility index (Phi) is 4.63. The molecule has 2 saturated heterocycles. The Morgan fingerprint density at radius 3 is 2.47 bits per heavy atom. The monoisotopic (exact) mass is 256 g/mol. The van der Waals surface area contributed by atoms with Gasteiger partial charge in [-0.1, -0.05) is 6.42 Å². The maximum absolute atomic E-state index is 6.15. The fraction of sp³-hybridized carbons (Fsp3) is 1.00. The van der Waals surface area contributed by atoms with Crippen LogP contribution in [-0.4, -0.2) is 50.4 Å². The van der Waals surface area contributed by atoms with Crippen molar-refractivity contribution in [1.82, 2.24) is 9.47 Å². The number of nitrogens with zero attached hydrogens (tertiary/aromatic N) is 2. The lowest BCUT2D eigenvalue weighted by Crippen LogP contribution is -2.59. The summed E-state index contributed by atoms with van der Waals surface area (Å²) in [6.45, 7) is 11.6. The van der Waals surface area contributed by atoms with Crippen molar-refractivity contribution in [3.63, 3.8) is 0 Å². The fourth-order valence-electron chi connectivity index (χ4n) is 3.49. The smallest absolute Gasteiger partial charge is 0.269 e. The summed E-state index contributed by atoms with van der Waals surface area (Å²) < 4.78 is 8.86. The number of hydrogen-bond acceptors (Lipinski definition) is 3. The highest BCUT2D eigenvalue weighted by Crippen LogP contribution is 2.30. The molecule has 0 aromatic heterocycles. The van der Waals surface area contributed by atoms with Crippen molar-refractivity contribution in [2.45, 2.75) is 58.3 Å². The quantitative estimate of drug-likeness (QED) is 0.719. The normalized spacial score (nSPS) is 34.1. The van der Waals surface area contributed by atoms with Crippen LogP contribution in [-0.2, 0) is 4.43 Å². The number of piperidine rings is 1. The van der Waals surface area contributed by atoms with Gasteiger partial charge in [0, 0.05) is 6.61 Å². The van der Waals surface area contributed by atoms with Crippen LogP contribution >= 0.6 is 0 Å². The molecular weight excluding hydrogens is 228 g/mol. The second-order valence-corrected chi connectivity index (χ2v) is 9.35. The molecule has 2 fully saturated rings. The molecule has 0 aromatic carbocycles. The minimum atomic E-state index is -1.57. The van der Waals surface area contributed by atoms with Gasteiger partial charge >= 0.3 is 0 Å². The van der Waals surface area contributed by atoms with E-state index in [0.717, 1.165) is 6.61 Å². The van der Waals surface area contributed by atoms with Crippen LogP contribution < -0.4 is 0 Å². The molecule has 0 aliphatic carbocycles. The van der Waals surface area contributed by atoms with E-state index >= 15 is 0 Å². The van der Waals surface area contributed by atoms with Crippen molar-refractivity contribution in [2.24, 2.45) is 0 Å². The van der Waals surface area contributed by atoms with E-state index in [1.165, 1.54) is 51.4 Å². The first-order chi connectivity index (χ1) is 8.17. The van der Waals surface area contributed by atoms with E-state index in [1.54, 1.807) is 0 Å². The maximum Gasteiger partial charge on any atom is 0.269 e. The standard InChI is InChI=1S/C13H28N2OSi/c1-4-16-17(3)12-8-11-15(17)13(2)14-9-6-5-7-10-14/h13H,4-12H2,1-3H3. The van der Waals surface area contributed by atoms with Crippen molar-refractivity contribution < 1.29 is 4.43 Å². The van der Waals surface area contributed by atoms with Crippen molar-refractivity contribution in [3.8, 4) is 0 Å². The van der Waals surface area contributed by atoms with Crippen molar-refractivity contribution >= 4 is 8.48 Å². The van der Waals surface area contributed by atoms with Gasteiger partial charge in [0.1, 0.15) is 0 Å². The third-order valence-corrected chi connectivity index (χ3v) is 8.48. The summed E-state index contributed by atoms with van der Waals surface area (Å²) in [5.41, 5.74) is 0. The van der Waals surface area contributed by atoms with Crippen LogP contribution in [0.2, 0.25) is 12.6 Å². The van der Waals surface area contributed by atoms with Crippen LogP contribution in [0.4, 0.5) is 0 Å². The molecule has 2 aliphatic rings. The molecular formula is C13H28N2OSi. The third-order valence-electron chi connectivity index (χ3n) is 4.47. The third kappa shape index (κ3) is 2.92. The lowest BCUT2D eigenvalue weighted by Gasteiger charge is -2.43. The van der Waals surface area contributed by atoms with Crippen molar-refractivity contribution in [3.05, 3.63) is 0 Å². The summed E-state index contributed by atoms with van der Waals surface area (Å²) in [6, 6.07) is 1.32. The number of likely N-dealkylation sites (tertiary alicyclic amines) is 1. The van der Waals surface area contributed by atoms with E-state index in [4.69, 9.17) is 4.43 Å². The van der Waals surface area contributed by atoms with Gasteiger partial charge < -0.3 is 4.43 Å². The van der Waals surface area contributed by atoms with Crippen LogP contribution in [0.25, 0.3) is 0 Å². The predicted octanol–water partition coefficient (Wildman–Crippen LogP) is 2.63. The van der Waals surface area contributed by atoms with E-state index in [0.29, 0.717) is 6.17 Å². The van der Waals surface area contributed by atoms with Gasteiger partial charge in [0.15, 0.2) is 0 Å². The second kappa shape index (κ2) is 5.82.